The summed E-state index contributed by atoms with van der Waals surface area (Å²) in [6.07, 6.45) is 0. The van der Waals surface area contributed by atoms with Gasteiger partial charge in [0, 0.05) is 17.1 Å². The molecule has 2 aromatic carbocycles. The molecule has 3 rings (SSSR count). The van der Waals surface area contributed by atoms with Gasteiger partial charge in [0.1, 0.15) is 0 Å². The standard InChI is InChI=1S/C14H11N3O2/c15-11-7-9(16-8-4-2-1-3-5-8)6-10-12(11)14(19)17-13(10)18/h1-7,16H,15H2,(H,17,18,19). The van der Waals surface area contributed by atoms with Crippen LogP contribution in [0.1, 0.15) is 20.7 Å². The van der Waals surface area contributed by atoms with Crippen LogP contribution in [0.5, 0.6) is 0 Å². The number of anilines is 3. The molecule has 5 nitrogen and oxygen atoms in total. The lowest BCUT2D eigenvalue weighted by atomic mass is 10.1. The maximum Gasteiger partial charge on any atom is 0.261 e. The molecule has 0 aliphatic carbocycles. The second-order valence-corrected chi connectivity index (χ2v) is 4.26. The third-order valence-electron chi connectivity index (χ3n) is 2.93. The minimum atomic E-state index is -0.441. The topological polar surface area (TPSA) is 84.2 Å². The van der Waals surface area contributed by atoms with Crippen LogP contribution in [-0.4, -0.2) is 11.8 Å². The van der Waals surface area contributed by atoms with Crippen molar-refractivity contribution in [3.05, 3.63) is 53.6 Å². The molecule has 5 heteroatoms. The van der Waals surface area contributed by atoms with E-state index in [-0.39, 0.29) is 5.56 Å². The summed E-state index contributed by atoms with van der Waals surface area (Å²) < 4.78 is 0. The summed E-state index contributed by atoms with van der Waals surface area (Å²) >= 11 is 0. The maximum absolute atomic E-state index is 11.6. The van der Waals surface area contributed by atoms with E-state index < -0.39 is 11.8 Å². The number of imide groups is 1. The second kappa shape index (κ2) is 4.13. The lowest BCUT2D eigenvalue weighted by Gasteiger charge is -2.09. The zero-order chi connectivity index (χ0) is 13.4. The number of nitrogen functional groups attached to an aromatic ring is 1. The number of hydrogen-bond acceptors (Lipinski definition) is 4. The smallest absolute Gasteiger partial charge is 0.261 e. The molecule has 0 aromatic heterocycles. The van der Waals surface area contributed by atoms with E-state index in [1.807, 2.05) is 30.3 Å². The summed E-state index contributed by atoms with van der Waals surface area (Å²) in [5, 5.41) is 5.37. The van der Waals surface area contributed by atoms with E-state index in [0.717, 1.165) is 5.69 Å². The van der Waals surface area contributed by atoms with Crippen molar-refractivity contribution in [2.24, 2.45) is 0 Å². The van der Waals surface area contributed by atoms with Gasteiger partial charge in [-0.15, -0.1) is 0 Å². The van der Waals surface area contributed by atoms with Crippen LogP contribution in [-0.2, 0) is 0 Å². The van der Waals surface area contributed by atoms with Gasteiger partial charge in [-0.2, -0.15) is 0 Å². The number of rotatable bonds is 2. The number of nitrogens with one attached hydrogen (secondary N) is 2. The number of para-hydroxylation sites is 1. The van der Waals surface area contributed by atoms with Crippen LogP contribution in [0.25, 0.3) is 0 Å². The number of fused-ring (bicyclic) bond motifs is 1. The van der Waals surface area contributed by atoms with Crippen molar-refractivity contribution in [2.75, 3.05) is 11.1 Å². The Morgan fingerprint density at radius 2 is 1.68 bits per heavy atom. The second-order valence-electron chi connectivity index (χ2n) is 4.26. The first-order chi connectivity index (χ1) is 9.15. The summed E-state index contributed by atoms with van der Waals surface area (Å²) in [6, 6.07) is 12.8. The minimum absolute atomic E-state index is 0.253. The highest BCUT2D eigenvalue weighted by atomic mass is 16.2. The van der Waals surface area contributed by atoms with Crippen LogP contribution in [0, 0.1) is 0 Å². The SMILES string of the molecule is Nc1cc(Nc2ccccc2)cc2c1C(=O)NC2=O. The molecule has 0 radical (unpaired) electrons. The highest BCUT2D eigenvalue weighted by Crippen LogP contribution is 2.28. The van der Waals surface area contributed by atoms with Crippen LogP contribution in [0.4, 0.5) is 17.1 Å². The van der Waals surface area contributed by atoms with Gasteiger partial charge >= 0.3 is 0 Å². The molecule has 2 aromatic rings. The fourth-order valence-electron chi connectivity index (χ4n) is 2.09. The molecule has 0 atom stereocenters. The third kappa shape index (κ3) is 1.91. The highest BCUT2D eigenvalue weighted by Gasteiger charge is 2.29. The Hall–Kier alpha value is -2.82. The Morgan fingerprint density at radius 1 is 0.947 bits per heavy atom. The number of carbonyl (C=O) groups excluding carboxylic acids is 2. The van der Waals surface area contributed by atoms with Gasteiger partial charge in [0.05, 0.1) is 11.1 Å². The Morgan fingerprint density at radius 3 is 2.42 bits per heavy atom. The molecule has 0 bridgehead atoms. The molecule has 0 saturated heterocycles. The molecule has 2 amide bonds. The first-order valence-electron chi connectivity index (χ1n) is 5.76. The maximum atomic E-state index is 11.6. The number of amides is 2. The summed E-state index contributed by atoms with van der Waals surface area (Å²) in [5.41, 5.74) is 8.23. The van der Waals surface area contributed by atoms with E-state index in [1.165, 1.54) is 0 Å². The van der Waals surface area contributed by atoms with Gasteiger partial charge < -0.3 is 11.1 Å². The summed E-state index contributed by atoms with van der Waals surface area (Å²) in [4.78, 5) is 23.2. The predicted molar refractivity (Wildman–Crippen MR) is 72.4 cm³/mol. The number of benzene rings is 2. The van der Waals surface area contributed by atoms with Gasteiger partial charge in [-0.1, -0.05) is 18.2 Å². The minimum Gasteiger partial charge on any atom is -0.398 e. The largest absolute Gasteiger partial charge is 0.398 e. The van der Waals surface area contributed by atoms with Crippen LogP contribution >= 0.6 is 0 Å². The molecule has 1 aliphatic heterocycles. The molecule has 19 heavy (non-hydrogen) atoms. The highest BCUT2D eigenvalue weighted by molar-refractivity contribution is 6.24. The predicted octanol–water partition coefficient (Wildman–Crippen LogP) is 1.90. The van der Waals surface area contributed by atoms with Crippen molar-refractivity contribution in [2.45, 2.75) is 0 Å². The normalized spacial score (nSPS) is 13.1. The Kier molecular flexibility index (Phi) is 2.45. The average molecular weight is 253 g/mol. The monoisotopic (exact) mass is 253 g/mol. The van der Waals surface area contributed by atoms with Crippen molar-refractivity contribution in [3.63, 3.8) is 0 Å². The Bertz CT molecular complexity index is 681. The molecular formula is C14H11N3O2. The van der Waals surface area contributed by atoms with Crippen molar-refractivity contribution in [1.29, 1.82) is 0 Å². The summed E-state index contributed by atoms with van der Waals surface area (Å²) in [7, 11) is 0. The van der Waals surface area contributed by atoms with Crippen molar-refractivity contribution >= 4 is 28.9 Å². The van der Waals surface area contributed by atoms with E-state index in [1.54, 1.807) is 12.1 Å². The number of hydrogen-bond donors (Lipinski definition) is 3. The quantitative estimate of drug-likeness (QED) is 0.563. The van der Waals surface area contributed by atoms with Crippen molar-refractivity contribution < 1.29 is 9.59 Å². The van der Waals surface area contributed by atoms with Gasteiger partial charge in [0.2, 0.25) is 0 Å². The molecule has 1 heterocycles. The molecule has 0 saturated carbocycles. The molecule has 4 N–H and O–H groups in total. The first kappa shape index (κ1) is 11.3. The molecule has 1 aliphatic rings. The fourth-order valence-corrected chi connectivity index (χ4v) is 2.09. The first-order valence-corrected chi connectivity index (χ1v) is 5.76. The van der Waals surface area contributed by atoms with Gasteiger partial charge in [0.15, 0.2) is 0 Å². The molecule has 0 unspecified atom stereocenters. The zero-order valence-electron chi connectivity index (χ0n) is 9.94. The van der Waals surface area contributed by atoms with Crippen LogP contribution in [0.15, 0.2) is 42.5 Å². The van der Waals surface area contributed by atoms with Gasteiger partial charge in [-0.05, 0) is 24.3 Å². The summed E-state index contributed by atoms with van der Waals surface area (Å²) in [5.74, 6) is -0.854. The number of nitrogens with two attached hydrogens (primary N) is 1. The third-order valence-corrected chi connectivity index (χ3v) is 2.93. The lowest BCUT2D eigenvalue weighted by Crippen LogP contribution is -2.20. The Balaban J connectivity index is 2.02. The molecular weight excluding hydrogens is 242 g/mol. The van der Waals surface area contributed by atoms with E-state index >= 15 is 0 Å². The Labute approximate surface area is 109 Å². The van der Waals surface area contributed by atoms with Crippen molar-refractivity contribution in [1.82, 2.24) is 5.32 Å². The molecule has 0 fully saturated rings. The zero-order valence-corrected chi connectivity index (χ0v) is 9.94. The van der Waals surface area contributed by atoms with Gasteiger partial charge in [-0.25, -0.2) is 0 Å². The molecule has 0 spiro atoms. The lowest BCUT2D eigenvalue weighted by molar-refractivity contribution is 0.0880. The van der Waals surface area contributed by atoms with Gasteiger partial charge in [0.25, 0.3) is 11.8 Å². The average Bonchev–Trinajstić information content (AvgIpc) is 2.66. The van der Waals surface area contributed by atoms with Crippen LogP contribution in [0.3, 0.4) is 0 Å². The van der Waals surface area contributed by atoms with E-state index in [9.17, 15) is 9.59 Å². The number of carbonyl (C=O) groups is 2. The van der Waals surface area contributed by atoms with Gasteiger partial charge in [-0.3, -0.25) is 14.9 Å². The van der Waals surface area contributed by atoms with Crippen LogP contribution in [0.2, 0.25) is 0 Å². The fraction of sp³-hybridized carbons (Fsp3) is 0. The van der Waals surface area contributed by atoms with E-state index in [2.05, 4.69) is 10.6 Å². The summed E-state index contributed by atoms with van der Waals surface area (Å²) in [6.45, 7) is 0. The van der Waals surface area contributed by atoms with Crippen LogP contribution < -0.4 is 16.4 Å². The van der Waals surface area contributed by atoms with Crippen molar-refractivity contribution in [3.8, 4) is 0 Å². The van der Waals surface area contributed by atoms with E-state index in [0.29, 0.717) is 16.9 Å². The molecule has 94 valence electrons. The van der Waals surface area contributed by atoms with E-state index in [4.69, 9.17) is 5.73 Å².